The number of aliphatic carboxylic acids is 1. The summed E-state index contributed by atoms with van der Waals surface area (Å²) in [6.07, 6.45) is 3.63. The molecule has 0 saturated heterocycles. The summed E-state index contributed by atoms with van der Waals surface area (Å²) in [7, 11) is 0. The maximum Gasteiger partial charge on any atom is 0.313 e. The monoisotopic (exact) mass is 278 g/mol. The van der Waals surface area contributed by atoms with Gasteiger partial charge in [0.05, 0.1) is 11.3 Å². The number of halogens is 1. The molecule has 19 heavy (non-hydrogen) atoms. The lowest BCUT2D eigenvalue weighted by Gasteiger charge is -2.01. The predicted octanol–water partition coefficient (Wildman–Crippen LogP) is 2.34. The van der Waals surface area contributed by atoms with Crippen LogP contribution in [0.1, 0.15) is 5.56 Å². The molecule has 5 heteroatoms. The van der Waals surface area contributed by atoms with Crippen molar-refractivity contribution in [2.45, 2.75) is 11.4 Å². The Morgan fingerprint density at radius 3 is 2.53 bits per heavy atom. The molecule has 0 amide bonds. The molecule has 2 rings (SSSR count). The molecule has 0 spiro atoms. The third-order valence-electron chi connectivity index (χ3n) is 2.53. The van der Waals surface area contributed by atoms with Crippen LogP contribution in [0.15, 0.2) is 53.7 Å². The number of carbonyl (C=O) groups is 1. The van der Waals surface area contributed by atoms with E-state index in [2.05, 4.69) is 0 Å². The molecule has 3 nitrogen and oxygen atoms in total. The predicted molar refractivity (Wildman–Crippen MR) is 70.5 cm³/mol. The van der Waals surface area contributed by atoms with Gasteiger partial charge < -0.3 is 5.11 Å². The number of hydrogen-bond donors (Lipinski definition) is 1. The maximum atomic E-state index is 13.5. The van der Waals surface area contributed by atoms with Crippen LogP contribution in [0.25, 0.3) is 0 Å². The van der Waals surface area contributed by atoms with Gasteiger partial charge in [-0.3, -0.25) is 4.79 Å². The van der Waals surface area contributed by atoms with Gasteiger partial charge in [-0.1, -0.05) is 12.1 Å². The fourth-order valence-electron chi connectivity index (χ4n) is 1.61. The lowest BCUT2D eigenvalue weighted by atomic mass is 10.2. The fraction of sp³-hybridized carbons (Fsp3) is 0.143. The number of carboxylic acids is 1. The van der Waals surface area contributed by atoms with E-state index in [9.17, 15) is 9.18 Å². The van der Waals surface area contributed by atoms with Crippen molar-refractivity contribution in [3.63, 3.8) is 0 Å². The van der Waals surface area contributed by atoms with Crippen molar-refractivity contribution in [2.24, 2.45) is 0 Å². The maximum absolute atomic E-state index is 13.5. The molecule has 0 unspecified atom stereocenters. The molecule has 2 aromatic rings. The van der Waals surface area contributed by atoms with Crippen molar-refractivity contribution < 1.29 is 18.9 Å². The number of rotatable bonds is 5. The standard InChI is InChI=1S/C14H12FNO2S/c15-13-4-2-1-3-11(13)9-16-7-5-12(6-8-16)19-10-14(17)18/h1-8H,9-10H2/p+1. The van der Waals surface area contributed by atoms with E-state index in [0.717, 1.165) is 4.90 Å². The van der Waals surface area contributed by atoms with E-state index in [1.807, 2.05) is 29.1 Å². The van der Waals surface area contributed by atoms with Crippen molar-refractivity contribution in [2.75, 3.05) is 5.75 Å². The van der Waals surface area contributed by atoms with Gasteiger partial charge in [-0.2, -0.15) is 0 Å². The number of nitrogens with zero attached hydrogens (tertiary/aromatic N) is 1. The largest absolute Gasteiger partial charge is 0.481 e. The van der Waals surface area contributed by atoms with Gasteiger partial charge >= 0.3 is 5.97 Å². The molecule has 0 atom stereocenters. The quantitative estimate of drug-likeness (QED) is 0.674. The molecule has 1 N–H and O–H groups in total. The minimum absolute atomic E-state index is 0.0390. The number of aromatic nitrogens is 1. The first-order valence-electron chi connectivity index (χ1n) is 5.72. The Kier molecular flexibility index (Phi) is 4.52. The molecular weight excluding hydrogens is 265 g/mol. The van der Waals surface area contributed by atoms with Gasteiger partial charge in [-0.25, -0.2) is 8.96 Å². The van der Waals surface area contributed by atoms with Crippen LogP contribution in [-0.4, -0.2) is 16.8 Å². The zero-order valence-electron chi connectivity index (χ0n) is 10.1. The number of thioether (sulfide) groups is 1. The van der Waals surface area contributed by atoms with Crippen molar-refractivity contribution in [1.82, 2.24) is 0 Å². The van der Waals surface area contributed by atoms with Gasteiger partial charge in [0.2, 0.25) is 0 Å². The zero-order chi connectivity index (χ0) is 13.7. The lowest BCUT2D eigenvalue weighted by molar-refractivity contribution is -0.688. The summed E-state index contributed by atoms with van der Waals surface area (Å²) in [5.74, 6) is -1.02. The first-order valence-corrected chi connectivity index (χ1v) is 6.71. The number of hydrogen-bond acceptors (Lipinski definition) is 2. The molecule has 0 fully saturated rings. The average Bonchev–Trinajstić information content (AvgIpc) is 2.40. The van der Waals surface area contributed by atoms with E-state index in [0.29, 0.717) is 12.1 Å². The molecule has 1 aromatic carbocycles. The molecule has 0 saturated carbocycles. The molecule has 0 bridgehead atoms. The van der Waals surface area contributed by atoms with Crippen LogP contribution in [0.3, 0.4) is 0 Å². The van der Waals surface area contributed by atoms with E-state index in [4.69, 9.17) is 5.11 Å². The minimum Gasteiger partial charge on any atom is -0.481 e. The van der Waals surface area contributed by atoms with Crippen molar-refractivity contribution in [3.05, 3.63) is 60.2 Å². The second-order valence-corrected chi connectivity index (χ2v) is 5.03. The normalized spacial score (nSPS) is 10.4. The van der Waals surface area contributed by atoms with Crippen molar-refractivity contribution >= 4 is 17.7 Å². The third-order valence-corrected chi connectivity index (χ3v) is 3.53. The Morgan fingerprint density at radius 1 is 1.21 bits per heavy atom. The molecule has 0 radical (unpaired) electrons. The van der Waals surface area contributed by atoms with Crippen LogP contribution in [0, 0.1) is 5.82 Å². The molecule has 98 valence electrons. The van der Waals surface area contributed by atoms with Crippen LogP contribution < -0.4 is 4.57 Å². The highest BCUT2D eigenvalue weighted by molar-refractivity contribution is 8.00. The number of pyridine rings is 1. The molecule has 0 aliphatic carbocycles. The Bertz CT molecular complexity index is 572. The zero-order valence-corrected chi connectivity index (χ0v) is 10.9. The van der Waals surface area contributed by atoms with E-state index in [1.54, 1.807) is 18.2 Å². The average molecular weight is 278 g/mol. The van der Waals surface area contributed by atoms with Crippen LogP contribution in [0.2, 0.25) is 0 Å². The van der Waals surface area contributed by atoms with Crippen LogP contribution in [0.5, 0.6) is 0 Å². The van der Waals surface area contributed by atoms with Gasteiger partial charge in [0.1, 0.15) is 5.82 Å². The van der Waals surface area contributed by atoms with Gasteiger partial charge in [0.25, 0.3) is 0 Å². The highest BCUT2D eigenvalue weighted by atomic mass is 32.2. The van der Waals surface area contributed by atoms with Crippen LogP contribution in [0.4, 0.5) is 4.39 Å². The topological polar surface area (TPSA) is 41.2 Å². The fourth-order valence-corrected chi connectivity index (χ4v) is 2.22. The molecule has 1 aromatic heterocycles. The summed E-state index contributed by atoms with van der Waals surface area (Å²) in [4.78, 5) is 11.3. The number of carboxylic acid groups (broad SMARTS) is 1. The van der Waals surface area contributed by atoms with Crippen LogP contribution >= 0.6 is 11.8 Å². The third kappa shape index (κ3) is 4.06. The summed E-state index contributed by atoms with van der Waals surface area (Å²) in [5, 5.41) is 8.59. The minimum atomic E-state index is -0.840. The summed E-state index contributed by atoms with van der Waals surface area (Å²) in [6.45, 7) is 0.455. The Balaban J connectivity index is 2.03. The summed E-state index contributed by atoms with van der Waals surface area (Å²) >= 11 is 1.26. The van der Waals surface area contributed by atoms with E-state index < -0.39 is 5.97 Å². The smallest absolute Gasteiger partial charge is 0.313 e. The molecule has 0 aliphatic rings. The SMILES string of the molecule is O=C(O)CSc1cc[n+](Cc2ccccc2F)cc1. The van der Waals surface area contributed by atoms with Gasteiger partial charge in [-0.05, 0) is 12.1 Å². The van der Waals surface area contributed by atoms with Crippen molar-refractivity contribution in [1.29, 1.82) is 0 Å². The van der Waals surface area contributed by atoms with Gasteiger partial charge in [0, 0.05) is 17.0 Å². The molecule has 0 aliphatic heterocycles. The summed E-state index contributed by atoms with van der Waals surface area (Å²) in [6, 6.07) is 10.3. The van der Waals surface area contributed by atoms with E-state index in [1.165, 1.54) is 17.8 Å². The molecular formula is C14H13FNO2S+. The summed E-state index contributed by atoms with van der Waals surface area (Å²) < 4.78 is 15.3. The first kappa shape index (κ1) is 13.5. The first-order chi connectivity index (χ1) is 9.15. The Morgan fingerprint density at radius 2 is 1.89 bits per heavy atom. The second-order valence-electron chi connectivity index (χ2n) is 3.98. The van der Waals surface area contributed by atoms with Gasteiger partial charge in [0.15, 0.2) is 18.9 Å². The van der Waals surface area contributed by atoms with Crippen molar-refractivity contribution in [3.8, 4) is 0 Å². The van der Waals surface area contributed by atoms with E-state index >= 15 is 0 Å². The highest BCUT2D eigenvalue weighted by Crippen LogP contribution is 2.15. The van der Waals surface area contributed by atoms with E-state index in [-0.39, 0.29) is 11.6 Å². The summed E-state index contributed by atoms with van der Waals surface area (Å²) in [5.41, 5.74) is 0.624. The Hall–Kier alpha value is -1.88. The number of benzene rings is 1. The molecule has 1 heterocycles. The van der Waals surface area contributed by atoms with Crippen LogP contribution in [-0.2, 0) is 11.3 Å². The lowest BCUT2D eigenvalue weighted by Crippen LogP contribution is -2.33. The Labute approximate surface area is 114 Å². The second kappa shape index (κ2) is 6.33. The highest BCUT2D eigenvalue weighted by Gasteiger charge is 2.08. The van der Waals surface area contributed by atoms with Gasteiger partial charge in [-0.15, -0.1) is 11.8 Å².